The van der Waals surface area contributed by atoms with Crippen LogP contribution in [0, 0.1) is 0 Å². The van der Waals surface area contributed by atoms with Gasteiger partial charge in [-0.05, 0) is 25.0 Å². The number of nitrogens with zero attached hydrogens (tertiary/aromatic N) is 1. The lowest BCUT2D eigenvalue weighted by molar-refractivity contribution is 0.0594. The van der Waals surface area contributed by atoms with Crippen molar-refractivity contribution in [3.63, 3.8) is 0 Å². The van der Waals surface area contributed by atoms with Crippen molar-refractivity contribution in [2.24, 2.45) is 0 Å². The van der Waals surface area contributed by atoms with E-state index in [0.29, 0.717) is 6.54 Å². The number of carbonyl (C=O) groups excluding carboxylic acids is 1. The first-order valence-electron chi connectivity index (χ1n) is 6.14. The summed E-state index contributed by atoms with van der Waals surface area (Å²) in [4.78, 5) is 15.3. The second kappa shape index (κ2) is 5.35. The molecule has 0 aromatic carbocycles. The number of aromatic nitrogens is 1. The van der Waals surface area contributed by atoms with Crippen molar-refractivity contribution in [3.8, 4) is 0 Å². The molecule has 1 fully saturated rings. The average molecular weight is 250 g/mol. The Labute approximate surface area is 106 Å². The van der Waals surface area contributed by atoms with Crippen molar-refractivity contribution in [2.75, 3.05) is 19.0 Å². The summed E-state index contributed by atoms with van der Waals surface area (Å²) in [6.07, 6.45) is 5.35. The van der Waals surface area contributed by atoms with Crippen LogP contribution in [0.5, 0.6) is 0 Å². The van der Waals surface area contributed by atoms with Crippen LogP contribution in [0.3, 0.4) is 0 Å². The lowest BCUT2D eigenvalue weighted by atomic mass is 10.0. The summed E-state index contributed by atoms with van der Waals surface area (Å²) in [5.74, 6) is -0.460. The number of ether oxygens (including phenoxy) is 1. The van der Waals surface area contributed by atoms with E-state index in [1.807, 2.05) is 0 Å². The second-order valence-electron chi connectivity index (χ2n) is 4.71. The van der Waals surface area contributed by atoms with Gasteiger partial charge in [0, 0.05) is 18.4 Å². The van der Waals surface area contributed by atoms with E-state index in [1.165, 1.54) is 7.11 Å². The maximum absolute atomic E-state index is 11.3. The van der Waals surface area contributed by atoms with Crippen molar-refractivity contribution in [1.29, 1.82) is 0 Å². The molecule has 0 aliphatic heterocycles. The van der Waals surface area contributed by atoms with Crippen LogP contribution in [0.4, 0.5) is 5.69 Å². The number of nitrogens with one attached hydrogen (secondary N) is 1. The Balaban J connectivity index is 1.99. The third kappa shape index (κ3) is 2.98. The molecule has 1 saturated carbocycles. The van der Waals surface area contributed by atoms with E-state index in [2.05, 4.69) is 15.0 Å². The third-order valence-electron chi connectivity index (χ3n) is 3.31. The molecule has 0 saturated heterocycles. The number of aliphatic hydroxyl groups is 1. The van der Waals surface area contributed by atoms with Gasteiger partial charge in [-0.15, -0.1) is 0 Å². The van der Waals surface area contributed by atoms with E-state index in [0.717, 1.165) is 31.4 Å². The molecule has 5 nitrogen and oxygen atoms in total. The molecular formula is C13H18N2O3. The molecule has 0 radical (unpaired) electrons. The minimum absolute atomic E-state index is 0.265. The predicted molar refractivity (Wildman–Crippen MR) is 67.5 cm³/mol. The first kappa shape index (κ1) is 12.8. The summed E-state index contributed by atoms with van der Waals surface area (Å²) in [5, 5.41) is 13.4. The molecule has 0 atom stereocenters. The van der Waals surface area contributed by atoms with Gasteiger partial charge in [0.25, 0.3) is 0 Å². The highest BCUT2D eigenvalue weighted by molar-refractivity contribution is 5.88. The van der Waals surface area contributed by atoms with Crippen LogP contribution in [0.15, 0.2) is 18.3 Å². The van der Waals surface area contributed by atoms with Gasteiger partial charge < -0.3 is 15.2 Å². The molecule has 0 spiro atoms. The highest BCUT2D eigenvalue weighted by Gasteiger charge is 2.30. The molecule has 5 heteroatoms. The van der Waals surface area contributed by atoms with Crippen molar-refractivity contribution < 1.29 is 14.6 Å². The summed E-state index contributed by atoms with van der Waals surface area (Å²) in [5.41, 5.74) is 0.418. The first-order valence-corrected chi connectivity index (χ1v) is 6.14. The van der Waals surface area contributed by atoms with Crippen LogP contribution in [0.2, 0.25) is 0 Å². The fourth-order valence-corrected chi connectivity index (χ4v) is 2.23. The Bertz CT molecular complexity index is 428. The molecule has 2 N–H and O–H groups in total. The van der Waals surface area contributed by atoms with Gasteiger partial charge in [-0.25, -0.2) is 9.78 Å². The van der Waals surface area contributed by atoms with Crippen LogP contribution >= 0.6 is 0 Å². The summed E-state index contributed by atoms with van der Waals surface area (Å²) in [6, 6.07) is 3.40. The summed E-state index contributed by atoms with van der Waals surface area (Å²) in [6.45, 7) is 0.498. The van der Waals surface area contributed by atoms with E-state index in [1.54, 1.807) is 18.3 Å². The molecule has 0 amide bonds. The average Bonchev–Trinajstić information content (AvgIpc) is 2.83. The highest BCUT2D eigenvalue weighted by atomic mass is 16.5. The van der Waals surface area contributed by atoms with E-state index in [9.17, 15) is 9.90 Å². The van der Waals surface area contributed by atoms with Gasteiger partial charge in [-0.1, -0.05) is 12.8 Å². The van der Waals surface area contributed by atoms with Gasteiger partial charge in [0.05, 0.1) is 12.7 Å². The molecule has 1 aromatic heterocycles. The number of rotatable bonds is 4. The minimum Gasteiger partial charge on any atom is -0.464 e. The Hall–Kier alpha value is -1.62. The van der Waals surface area contributed by atoms with Crippen LogP contribution < -0.4 is 5.32 Å². The molecule has 0 unspecified atom stereocenters. The standard InChI is InChI=1S/C13H18N2O3/c1-18-12(16)11-8-10(4-7-14-11)15-9-13(17)5-2-3-6-13/h4,7-8,17H,2-3,5-6,9H2,1H3,(H,14,15). The fraction of sp³-hybridized carbons (Fsp3) is 0.538. The van der Waals surface area contributed by atoms with Crippen LogP contribution in [0.25, 0.3) is 0 Å². The van der Waals surface area contributed by atoms with Gasteiger partial charge in [-0.3, -0.25) is 0 Å². The molecule has 2 rings (SSSR count). The maximum Gasteiger partial charge on any atom is 0.356 e. The second-order valence-corrected chi connectivity index (χ2v) is 4.71. The van der Waals surface area contributed by atoms with Crippen LogP contribution in [0.1, 0.15) is 36.2 Å². The number of anilines is 1. The van der Waals surface area contributed by atoms with Crippen LogP contribution in [-0.4, -0.2) is 35.3 Å². The number of hydrogen-bond donors (Lipinski definition) is 2. The number of esters is 1. The zero-order valence-corrected chi connectivity index (χ0v) is 10.5. The number of hydrogen-bond acceptors (Lipinski definition) is 5. The number of methoxy groups -OCH3 is 1. The predicted octanol–water partition coefficient (Wildman–Crippen LogP) is 1.59. The minimum atomic E-state index is -0.616. The van der Waals surface area contributed by atoms with Gasteiger partial charge in [0.15, 0.2) is 0 Å². The van der Waals surface area contributed by atoms with E-state index >= 15 is 0 Å². The molecule has 1 aliphatic carbocycles. The largest absolute Gasteiger partial charge is 0.464 e. The molecule has 1 aliphatic rings. The quantitative estimate of drug-likeness (QED) is 0.794. The summed E-state index contributed by atoms with van der Waals surface area (Å²) < 4.78 is 4.61. The zero-order chi connectivity index (χ0) is 13.0. The van der Waals surface area contributed by atoms with Crippen molar-refractivity contribution >= 4 is 11.7 Å². The molecule has 18 heavy (non-hydrogen) atoms. The molecule has 1 heterocycles. The highest BCUT2D eigenvalue weighted by Crippen LogP contribution is 2.29. The Morgan fingerprint density at radius 1 is 1.56 bits per heavy atom. The summed E-state index contributed by atoms with van der Waals surface area (Å²) in [7, 11) is 1.32. The topological polar surface area (TPSA) is 71.5 Å². The smallest absolute Gasteiger partial charge is 0.356 e. The molecule has 1 aromatic rings. The first-order chi connectivity index (χ1) is 8.63. The van der Waals surface area contributed by atoms with Gasteiger partial charge in [0.1, 0.15) is 5.69 Å². The maximum atomic E-state index is 11.3. The van der Waals surface area contributed by atoms with Gasteiger partial charge in [0.2, 0.25) is 0 Å². The Morgan fingerprint density at radius 2 is 2.28 bits per heavy atom. The zero-order valence-electron chi connectivity index (χ0n) is 10.5. The Morgan fingerprint density at radius 3 is 2.94 bits per heavy atom. The van der Waals surface area contributed by atoms with E-state index < -0.39 is 11.6 Å². The van der Waals surface area contributed by atoms with Crippen molar-refractivity contribution in [3.05, 3.63) is 24.0 Å². The van der Waals surface area contributed by atoms with Crippen LogP contribution in [-0.2, 0) is 4.74 Å². The van der Waals surface area contributed by atoms with Gasteiger partial charge >= 0.3 is 5.97 Å². The van der Waals surface area contributed by atoms with Crippen molar-refractivity contribution in [2.45, 2.75) is 31.3 Å². The monoisotopic (exact) mass is 250 g/mol. The van der Waals surface area contributed by atoms with Gasteiger partial charge in [-0.2, -0.15) is 0 Å². The van der Waals surface area contributed by atoms with E-state index in [-0.39, 0.29) is 5.69 Å². The lowest BCUT2D eigenvalue weighted by Crippen LogP contribution is -2.33. The van der Waals surface area contributed by atoms with E-state index in [4.69, 9.17) is 0 Å². The lowest BCUT2D eigenvalue weighted by Gasteiger charge is -2.23. The Kier molecular flexibility index (Phi) is 3.81. The number of carbonyl (C=O) groups is 1. The third-order valence-corrected chi connectivity index (χ3v) is 3.31. The molecule has 98 valence electrons. The number of pyridine rings is 1. The SMILES string of the molecule is COC(=O)c1cc(NCC2(O)CCCC2)ccn1. The summed E-state index contributed by atoms with van der Waals surface area (Å²) >= 11 is 0. The van der Waals surface area contributed by atoms with Crippen molar-refractivity contribution in [1.82, 2.24) is 4.98 Å². The molecular weight excluding hydrogens is 232 g/mol. The molecule has 0 bridgehead atoms. The normalized spacial score (nSPS) is 17.4. The fourth-order valence-electron chi connectivity index (χ4n) is 2.23.